The fourth-order valence-corrected chi connectivity index (χ4v) is 2.03. The van der Waals surface area contributed by atoms with Crippen molar-refractivity contribution in [2.24, 2.45) is 0 Å². The number of nitro groups is 1. The number of ketones is 1. The molecule has 102 valence electrons. The summed E-state index contributed by atoms with van der Waals surface area (Å²) in [6.07, 6.45) is -0.0347. The van der Waals surface area contributed by atoms with Crippen molar-refractivity contribution in [1.82, 2.24) is 0 Å². The zero-order valence-electron chi connectivity index (χ0n) is 10.2. The Morgan fingerprint density at radius 1 is 1.25 bits per heavy atom. The summed E-state index contributed by atoms with van der Waals surface area (Å²) in [6.45, 7) is 0. The normalized spacial score (nSPS) is 10.3. The molecule has 0 aromatic heterocycles. The van der Waals surface area contributed by atoms with Gasteiger partial charge < -0.3 is 0 Å². The highest BCUT2D eigenvalue weighted by Gasteiger charge is 2.21. The van der Waals surface area contributed by atoms with Crippen molar-refractivity contribution in [2.45, 2.75) is 6.42 Å². The van der Waals surface area contributed by atoms with Crippen LogP contribution >= 0.6 is 11.6 Å². The molecule has 4 nitrogen and oxygen atoms in total. The van der Waals surface area contributed by atoms with Gasteiger partial charge in [0, 0.05) is 11.4 Å². The number of hydrogen-bond donors (Lipinski definition) is 0. The van der Waals surface area contributed by atoms with Crippen molar-refractivity contribution in [3.05, 3.63) is 74.5 Å². The van der Waals surface area contributed by atoms with E-state index >= 15 is 0 Å². The van der Waals surface area contributed by atoms with E-state index in [2.05, 4.69) is 0 Å². The lowest BCUT2D eigenvalue weighted by Crippen LogP contribution is -2.07. The van der Waals surface area contributed by atoms with E-state index in [9.17, 15) is 19.3 Å². The molecule has 0 amide bonds. The van der Waals surface area contributed by atoms with Crippen LogP contribution in [-0.4, -0.2) is 10.7 Å². The van der Waals surface area contributed by atoms with Gasteiger partial charge in [0.05, 0.1) is 16.6 Å². The maximum atomic E-state index is 13.0. The summed E-state index contributed by atoms with van der Waals surface area (Å²) in [5.41, 5.74) is -0.00507. The average molecular weight is 294 g/mol. The molecule has 0 heterocycles. The topological polar surface area (TPSA) is 60.2 Å². The smallest absolute Gasteiger partial charge is 0.283 e. The van der Waals surface area contributed by atoms with Gasteiger partial charge in [0.1, 0.15) is 5.82 Å². The van der Waals surface area contributed by atoms with Crippen LogP contribution in [0.2, 0.25) is 5.02 Å². The molecule has 6 heteroatoms. The Labute approximate surface area is 119 Å². The third-order valence-corrected chi connectivity index (χ3v) is 2.95. The van der Waals surface area contributed by atoms with E-state index < -0.39 is 22.2 Å². The van der Waals surface area contributed by atoms with Gasteiger partial charge >= 0.3 is 0 Å². The Balaban J connectivity index is 2.32. The average Bonchev–Trinajstić information content (AvgIpc) is 2.38. The van der Waals surface area contributed by atoms with Crippen LogP contribution in [0.5, 0.6) is 0 Å². The second kappa shape index (κ2) is 5.79. The van der Waals surface area contributed by atoms with Gasteiger partial charge in [-0.3, -0.25) is 14.9 Å². The maximum Gasteiger partial charge on any atom is 0.283 e. The predicted molar refractivity (Wildman–Crippen MR) is 72.5 cm³/mol. The van der Waals surface area contributed by atoms with E-state index in [-0.39, 0.29) is 12.0 Å². The Morgan fingerprint density at radius 2 is 2.00 bits per heavy atom. The second-order valence-electron chi connectivity index (χ2n) is 4.15. The number of nitro benzene ring substituents is 1. The first-order valence-corrected chi connectivity index (χ1v) is 6.07. The molecule has 0 fully saturated rings. The molecule has 0 atom stereocenters. The van der Waals surface area contributed by atoms with Gasteiger partial charge in [-0.05, 0) is 29.8 Å². The van der Waals surface area contributed by atoms with Gasteiger partial charge in [0.25, 0.3) is 5.69 Å². The fraction of sp³-hybridized carbons (Fsp3) is 0.0714. The van der Waals surface area contributed by atoms with Crippen LogP contribution in [0.15, 0.2) is 42.5 Å². The molecule has 2 rings (SSSR count). The van der Waals surface area contributed by atoms with Crippen molar-refractivity contribution in [2.75, 3.05) is 0 Å². The number of hydrogen-bond acceptors (Lipinski definition) is 3. The zero-order valence-corrected chi connectivity index (χ0v) is 10.9. The van der Waals surface area contributed by atoms with Gasteiger partial charge in [0.15, 0.2) is 5.78 Å². The lowest BCUT2D eigenvalue weighted by molar-refractivity contribution is -0.385. The van der Waals surface area contributed by atoms with Crippen LogP contribution in [-0.2, 0) is 6.42 Å². The lowest BCUT2D eigenvalue weighted by Gasteiger charge is -2.03. The van der Waals surface area contributed by atoms with Crippen LogP contribution in [0.25, 0.3) is 0 Å². The molecule has 0 bridgehead atoms. The third-order valence-electron chi connectivity index (χ3n) is 2.71. The number of halogens is 2. The Morgan fingerprint density at radius 3 is 2.65 bits per heavy atom. The Bertz CT molecular complexity index is 688. The van der Waals surface area contributed by atoms with Gasteiger partial charge in [-0.25, -0.2) is 4.39 Å². The number of carbonyl (C=O) groups excluding carboxylic acids is 1. The summed E-state index contributed by atoms with van der Waals surface area (Å²) in [6, 6.07) is 9.54. The fourth-order valence-electron chi connectivity index (χ4n) is 1.82. The summed E-state index contributed by atoms with van der Waals surface area (Å²) < 4.78 is 13.0. The molecular weight excluding hydrogens is 285 g/mol. The van der Waals surface area contributed by atoms with E-state index in [0.29, 0.717) is 10.6 Å². The minimum atomic E-state index is -0.770. The Kier molecular flexibility index (Phi) is 4.10. The molecule has 20 heavy (non-hydrogen) atoms. The summed E-state index contributed by atoms with van der Waals surface area (Å²) in [7, 11) is 0. The largest absolute Gasteiger partial charge is 0.294 e. The molecule has 0 spiro atoms. The molecule has 0 N–H and O–H groups in total. The highest BCUT2D eigenvalue weighted by Crippen LogP contribution is 2.22. The van der Waals surface area contributed by atoms with Gasteiger partial charge in [-0.15, -0.1) is 0 Å². The number of carbonyl (C=O) groups is 1. The monoisotopic (exact) mass is 293 g/mol. The Hall–Kier alpha value is -2.27. The van der Waals surface area contributed by atoms with Crippen LogP contribution in [0.1, 0.15) is 15.9 Å². The minimum absolute atomic E-state index is 0.0347. The number of rotatable bonds is 4. The van der Waals surface area contributed by atoms with E-state index in [4.69, 9.17) is 11.6 Å². The summed E-state index contributed by atoms with van der Waals surface area (Å²) in [5, 5.41) is 11.3. The standard InChI is InChI=1S/C14H9ClFNO3/c15-10-3-1-2-9(6-10)7-14(18)12-5-4-11(16)8-13(12)17(19)20/h1-6,8H,7H2. The predicted octanol–water partition coefficient (Wildman–Crippen LogP) is 3.81. The first kappa shape index (κ1) is 14.1. The number of benzene rings is 2. The first-order chi connectivity index (χ1) is 9.47. The van der Waals surface area contributed by atoms with Crippen molar-refractivity contribution < 1.29 is 14.1 Å². The molecule has 0 saturated carbocycles. The van der Waals surface area contributed by atoms with E-state index in [1.165, 1.54) is 0 Å². The number of nitrogens with zero attached hydrogens (tertiary/aromatic N) is 1. The molecule has 2 aromatic rings. The van der Waals surface area contributed by atoms with Gasteiger partial charge in [-0.1, -0.05) is 23.7 Å². The van der Waals surface area contributed by atoms with Gasteiger partial charge in [-0.2, -0.15) is 0 Å². The lowest BCUT2D eigenvalue weighted by atomic mass is 10.0. The third kappa shape index (κ3) is 3.19. The van der Waals surface area contributed by atoms with Crippen LogP contribution in [0.3, 0.4) is 0 Å². The zero-order chi connectivity index (χ0) is 14.7. The quantitative estimate of drug-likeness (QED) is 0.489. The van der Waals surface area contributed by atoms with Crippen molar-refractivity contribution in [3.8, 4) is 0 Å². The summed E-state index contributed by atoms with van der Waals surface area (Å²) >= 11 is 5.81. The molecule has 0 aliphatic rings. The van der Waals surface area contributed by atoms with Crippen molar-refractivity contribution in [3.63, 3.8) is 0 Å². The molecular formula is C14H9ClFNO3. The first-order valence-electron chi connectivity index (χ1n) is 5.69. The van der Waals surface area contributed by atoms with Crippen LogP contribution in [0, 0.1) is 15.9 Å². The van der Waals surface area contributed by atoms with E-state index in [1.807, 2.05) is 0 Å². The van der Waals surface area contributed by atoms with Gasteiger partial charge in [0.2, 0.25) is 0 Å². The molecule has 2 aromatic carbocycles. The number of Topliss-reactive ketones (excluding diaryl/α,β-unsaturated/α-hetero) is 1. The minimum Gasteiger partial charge on any atom is -0.294 e. The van der Waals surface area contributed by atoms with E-state index in [1.54, 1.807) is 24.3 Å². The molecule has 0 unspecified atom stereocenters. The SMILES string of the molecule is O=C(Cc1cccc(Cl)c1)c1ccc(F)cc1[N+](=O)[O-]. The highest BCUT2D eigenvalue weighted by molar-refractivity contribution is 6.30. The van der Waals surface area contributed by atoms with Crippen molar-refractivity contribution in [1.29, 1.82) is 0 Å². The summed E-state index contributed by atoms with van der Waals surface area (Å²) in [4.78, 5) is 22.2. The van der Waals surface area contributed by atoms with E-state index in [0.717, 1.165) is 18.2 Å². The van der Waals surface area contributed by atoms with Crippen LogP contribution in [0.4, 0.5) is 10.1 Å². The molecule has 0 radical (unpaired) electrons. The van der Waals surface area contributed by atoms with Crippen molar-refractivity contribution >= 4 is 23.1 Å². The summed E-state index contributed by atoms with van der Waals surface area (Å²) in [5.74, 6) is -1.21. The molecule has 0 saturated heterocycles. The maximum absolute atomic E-state index is 13.0. The van der Waals surface area contributed by atoms with Crippen LogP contribution < -0.4 is 0 Å². The highest BCUT2D eigenvalue weighted by atomic mass is 35.5. The molecule has 0 aliphatic heterocycles. The molecule has 0 aliphatic carbocycles. The second-order valence-corrected chi connectivity index (χ2v) is 4.58.